The Morgan fingerprint density at radius 3 is 2.22 bits per heavy atom. The van der Waals surface area contributed by atoms with Crippen LogP contribution < -0.4 is 5.32 Å². The first-order valence-corrected chi connectivity index (χ1v) is 8.61. The van der Waals surface area contributed by atoms with Crippen LogP contribution in [0, 0.1) is 5.82 Å². The van der Waals surface area contributed by atoms with Crippen molar-refractivity contribution in [1.82, 2.24) is 0 Å². The molecule has 3 aromatic rings. The summed E-state index contributed by atoms with van der Waals surface area (Å²) in [4.78, 5) is 11.7. The zero-order chi connectivity index (χ0) is 19.2. The molecule has 0 aliphatic heterocycles. The lowest BCUT2D eigenvalue weighted by atomic mass is 10.0. The fraction of sp³-hybridized carbons (Fsp3) is 0.136. The van der Waals surface area contributed by atoms with Gasteiger partial charge in [-0.05, 0) is 53.4 Å². The number of phenolic OH excluding ortho intramolecular Hbond substituents is 1. The molecule has 3 rings (SSSR count). The second-order valence-electron chi connectivity index (χ2n) is 6.37. The number of carboxylic acid groups (broad SMARTS) is 1. The fourth-order valence-corrected chi connectivity index (χ4v) is 2.89. The Bertz CT molecular complexity index is 908. The number of hydrogen-bond acceptors (Lipinski definition) is 3. The number of aliphatic carboxylic acids is 1. The zero-order valence-corrected chi connectivity index (χ0v) is 14.6. The molecule has 0 aliphatic carbocycles. The molecule has 0 heterocycles. The van der Waals surface area contributed by atoms with E-state index in [0.717, 1.165) is 22.4 Å². The van der Waals surface area contributed by atoms with Crippen LogP contribution in [-0.4, -0.2) is 22.2 Å². The standard InChI is InChI=1S/C22H20FNO3/c23-18-9-5-15(6-10-18)13-17-3-1-2-4-20(17)24-21(22(26)27)14-16-7-11-19(25)12-8-16/h1-12,21,24-25H,13-14H2,(H,26,27). The van der Waals surface area contributed by atoms with Crippen molar-refractivity contribution in [2.24, 2.45) is 0 Å². The van der Waals surface area contributed by atoms with E-state index < -0.39 is 12.0 Å². The summed E-state index contributed by atoms with van der Waals surface area (Å²) < 4.78 is 13.1. The third kappa shape index (κ3) is 5.07. The van der Waals surface area contributed by atoms with Crippen molar-refractivity contribution < 1.29 is 19.4 Å². The highest BCUT2D eigenvalue weighted by Crippen LogP contribution is 2.21. The number of phenols is 1. The lowest BCUT2D eigenvalue weighted by Gasteiger charge is -2.19. The number of rotatable bonds is 7. The van der Waals surface area contributed by atoms with E-state index in [-0.39, 0.29) is 18.0 Å². The number of halogens is 1. The van der Waals surface area contributed by atoms with Crippen molar-refractivity contribution in [3.8, 4) is 5.75 Å². The van der Waals surface area contributed by atoms with Gasteiger partial charge >= 0.3 is 5.97 Å². The molecule has 1 atom stereocenters. The van der Waals surface area contributed by atoms with E-state index in [2.05, 4.69) is 5.32 Å². The molecule has 3 N–H and O–H groups in total. The van der Waals surface area contributed by atoms with Gasteiger partial charge in [0.2, 0.25) is 0 Å². The topological polar surface area (TPSA) is 69.6 Å². The average Bonchev–Trinajstić information content (AvgIpc) is 2.66. The molecule has 3 aromatic carbocycles. The van der Waals surface area contributed by atoms with E-state index in [0.29, 0.717) is 6.42 Å². The molecule has 1 unspecified atom stereocenters. The lowest BCUT2D eigenvalue weighted by Crippen LogP contribution is -2.31. The van der Waals surface area contributed by atoms with Crippen molar-refractivity contribution in [1.29, 1.82) is 0 Å². The predicted octanol–water partition coefficient (Wildman–Crippen LogP) is 4.23. The molecule has 5 heteroatoms. The number of hydrogen-bond donors (Lipinski definition) is 3. The molecule has 138 valence electrons. The van der Waals surface area contributed by atoms with Gasteiger partial charge in [-0.25, -0.2) is 9.18 Å². The van der Waals surface area contributed by atoms with Crippen molar-refractivity contribution in [2.75, 3.05) is 5.32 Å². The molecule has 0 fully saturated rings. The van der Waals surface area contributed by atoms with Gasteiger partial charge in [-0.1, -0.05) is 42.5 Å². The number of carbonyl (C=O) groups is 1. The molecule has 0 spiro atoms. The molecule has 0 aliphatic rings. The lowest BCUT2D eigenvalue weighted by molar-refractivity contribution is -0.137. The van der Waals surface area contributed by atoms with Crippen LogP contribution in [0.25, 0.3) is 0 Å². The SMILES string of the molecule is O=C(O)C(Cc1ccc(O)cc1)Nc1ccccc1Cc1ccc(F)cc1. The van der Waals surface area contributed by atoms with Gasteiger partial charge < -0.3 is 15.5 Å². The summed E-state index contributed by atoms with van der Waals surface area (Å²) in [5.74, 6) is -1.10. The third-order valence-electron chi connectivity index (χ3n) is 4.33. The second kappa shape index (κ2) is 8.36. The zero-order valence-electron chi connectivity index (χ0n) is 14.6. The first-order chi connectivity index (χ1) is 13.0. The Balaban J connectivity index is 1.78. The Kier molecular flexibility index (Phi) is 5.71. The summed E-state index contributed by atoms with van der Waals surface area (Å²) in [7, 11) is 0. The van der Waals surface area contributed by atoms with Gasteiger partial charge in [0.05, 0.1) is 0 Å². The Morgan fingerprint density at radius 1 is 0.926 bits per heavy atom. The molecule has 0 radical (unpaired) electrons. The summed E-state index contributed by atoms with van der Waals surface area (Å²) in [6.07, 6.45) is 0.843. The second-order valence-corrected chi connectivity index (χ2v) is 6.37. The van der Waals surface area contributed by atoms with Crippen molar-refractivity contribution >= 4 is 11.7 Å². The molecule has 0 bridgehead atoms. The van der Waals surface area contributed by atoms with Crippen LogP contribution in [-0.2, 0) is 17.6 Å². The molecule has 0 aromatic heterocycles. The summed E-state index contributed by atoms with van der Waals surface area (Å²) in [5.41, 5.74) is 3.41. The molecule has 4 nitrogen and oxygen atoms in total. The maximum atomic E-state index is 13.1. The summed E-state index contributed by atoms with van der Waals surface area (Å²) in [6, 6.07) is 19.4. The summed E-state index contributed by atoms with van der Waals surface area (Å²) in [6.45, 7) is 0. The van der Waals surface area contributed by atoms with Gasteiger partial charge in [-0.2, -0.15) is 0 Å². The minimum Gasteiger partial charge on any atom is -0.508 e. The van der Waals surface area contributed by atoms with E-state index in [1.165, 1.54) is 24.3 Å². The van der Waals surface area contributed by atoms with Gasteiger partial charge in [0.25, 0.3) is 0 Å². The largest absolute Gasteiger partial charge is 0.508 e. The minimum absolute atomic E-state index is 0.142. The van der Waals surface area contributed by atoms with E-state index in [4.69, 9.17) is 0 Å². The van der Waals surface area contributed by atoms with Gasteiger partial charge in [0, 0.05) is 12.1 Å². The maximum Gasteiger partial charge on any atom is 0.326 e. The average molecular weight is 365 g/mol. The third-order valence-corrected chi connectivity index (χ3v) is 4.33. The smallest absolute Gasteiger partial charge is 0.326 e. The highest BCUT2D eigenvalue weighted by Gasteiger charge is 2.19. The van der Waals surface area contributed by atoms with Crippen LogP contribution in [0.15, 0.2) is 72.8 Å². The predicted molar refractivity (Wildman–Crippen MR) is 103 cm³/mol. The van der Waals surface area contributed by atoms with Crippen molar-refractivity contribution in [2.45, 2.75) is 18.9 Å². The first kappa shape index (κ1) is 18.5. The number of aromatic hydroxyl groups is 1. The van der Waals surface area contributed by atoms with E-state index in [1.54, 1.807) is 24.3 Å². The van der Waals surface area contributed by atoms with Gasteiger partial charge in [-0.3, -0.25) is 0 Å². The van der Waals surface area contributed by atoms with Gasteiger partial charge in [-0.15, -0.1) is 0 Å². The number of benzene rings is 3. The normalized spacial score (nSPS) is 11.7. The highest BCUT2D eigenvalue weighted by molar-refractivity contribution is 5.78. The minimum atomic E-state index is -0.959. The monoisotopic (exact) mass is 365 g/mol. The van der Waals surface area contributed by atoms with Gasteiger partial charge in [0.15, 0.2) is 0 Å². The molecule has 0 saturated heterocycles. The van der Waals surface area contributed by atoms with Crippen LogP contribution in [0.2, 0.25) is 0 Å². The number of para-hydroxylation sites is 1. The molecular weight excluding hydrogens is 345 g/mol. The number of carboxylic acids is 1. The quantitative estimate of drug-likeness (QED) is 0.586. The van der Waals surface area contributed by atoms with Crippen LogP contribution in [0.4, 0.5) is 10.1 Å². The fourth-order valence-electron chi connectivity index (χ4n) is 2.89. The summed E-state index contributed by atoms with van der Waals surface area (Å²) >= 11 is 0. The number of anilines is 1. The molecule has 0 amide bonds. The Labute approximate surface area is 156 Å². The molecular formula is C22H20FNO3. The first-order valence-electron chi connectivity index (χ1n) is 8.61. The van der Waals surface area contributed by atoms with Crippen LogP contribution in [0.1, 0.15) is 16.7 Å². The van der Waals surface area contributed by atoms with E-state index in [9.17, 15) is 19.4 Å². The Morgan fingerprint density at radius 2 is 1.56 bits per heavy atom. The summed E-state index contributed by atoms with van der Waals surface area (Å²) in [5, 5.41) is 22.1. The Hall–Kier alpha value is -3.34. The van der Waals surface area contributed by atoms with Crippen molar-refractivity contribution in [3.05, 3.63) is 95.3 Å². The van der Waals surface area contributed by atoms with Crippen LogP contribution >= 0.6 is 0 Å². The maximum absolute atomic E-state index is 13.1. The van der Waals surface area contributed by atoms with E-state index >= 15 is 0 Å². The molecule has 27 heavy (non-hydrogen) atoms. The van der Waals surface area contributed by atoms with E-state index in [1.807, 2.05) is 24.3 Å². The number of nitrogens with one attached hydrogen (secondary N) is 1. The highest BCUT2D eigenvalue weighted by atomic mass is 19.1. The molecule has 0 saturated carbocycles. The van der Waals surface area contributed by atoms with Crippen LogP contribution in [0.3, 0.4) is 0 Å². The van der Waals surface area contributed by atoms with Crippen LogP contribution in [0.5, 0.6) is 5.75 Å². The van der Waals surface area contributed by atoms with Crippen molar-refractivity contribution in [3.63, 3.8) is 0 Å². The van der Waals surface area contributed by atoms with Gasteiger partial charge in [0.1, 0.15) is 17.6 Å².